The Morgan fingerprint density at radius 1 is 0.975 bits per heavy atom. The number of benzene rings is 2. The van der Waals surface area contributed by atoms with E-state index in [-0.39, 0.29) is 40.4 Å². The molecule has 0 radical (unpaired) electrons. The Morgan fingerprint density at radius 3 is 2.33 bits per heavy atom. The number of Topliss-reactive ketones (excluding diaryl/α,β-unsaturated/α-hetero) is 1. The van der Waals surface area contributed by atoms with Gasteiger partial charge in [0.05, 0.1) is 22.8 Å². The number of rotatable bonds is 7. The number of amides is 2. The topological polar surface area (TPSA) is 134 Å². The molecule has 2 amide bonds. The summed E-state index contributed by atoms with van der Waals surface area (Å²) in [7, 11) is 0. The van der Waals surface area contributed by atoms with Gasteiger partial charge in [0.1, 0.15) is 11.3 Å². The maximum Gasteiger partial charge on any atom is 0.334 e. The summed E-state index contributed by atoms with van der Waals surface area (Å²) in [5.41, 5.74) is 2.31. The molecule has 2 N–H and O–H groups in total. The molecule has 9 nitrogen and oxygen atoms in total. The summed E-state index contributed by atoms with van der Waals surface area (Å²) in [6, 6.07) is 15.7. The lowest BCUT2D eigenvalue weighted by molar-refractivity contribution is -0.133. The number of carboxylic acid groups (broad SMARTS) is 1. The fraction of sp³-hybridized carbons (Fsp3) is 0.258. The second-order valence-electron chi connectivity index (χ2n) is 10.2. The molecule has 3 heterocycles. The normalized spacial score (nSPS) is 19.4. The van der Waals surface area contributed by atoms with E-state index in [1.807, 2.05) is 30.3 Å². The van der Waals surface area contributed by atoms with Crippen molar-refractivity contribution in [1.29, 1.82) is 0 Å². The highest BCUT2D eigenvalue weighted by atomic mass is 16.4. The largest absolute Gasteiger partial charge is 0.478 e. The van der Waals surface area contributed by atoms with Crippen molar-refractivity contribution in [3.8, 4) is 0 Å². The minimum absolute atomic E-state index is 0.0338. The molecule has 0 aliphatic carbocycles. The quantitative estimate of drug-likeness (QED) is 0.430. The van der Waals surface area contributed by atoms with Gasteiger partial charge >= 0.3 is 5.97 Å². The lowest BCUT2D eigenvalue weighted by Gasteiger charge is -2.38. The molecule has 2 aliphatic heterocycles. The molecule has 0 saturated carbocycles. The van der Waals surface area contributed by atoms with E-state index in [9.17, 15) is 29.1 Å². The SMILES string of the molecule is CC1=C(C(=O)O)[C@H](c2cccc3c(=O)cc(C)oc23)C(C(=O)CC2CC(=O)NC2=O)=C(C)N1Cc1ccccc1. The van der Waals surface area contributed by atoms with Gasteiger partial charge in [-0.05, 0) is 32.4 Å². The zero-order chi connectivity index (χ0) is 28.7. The molecule has 2 aliphatic rings. The lowest BCUT2D eigenvalue weighted by Crippen LogP contribution is -2.35. The van der Waals surface area contributed by atoms with Gasteiger partial charge in [-0.3, -0.25) is 24.5 Å². The van der Waals surface area contributed by atoms with Gasteiger partial charge in [-0.25, -0.2) is 4.79 Å². The van der Waals surface area contributed by atoms with Crippen LogP contribution < -0.4 is 10.7 Å². The van der Waals surface area contributed by atoms with E-state index >= 15 is 0 Å². The van der Waals surface area contributed by atoms with Gasteiger partial charge in [-0.1, -0.05) is 42.5 Å². The number of hydrogen-bond donors (Lipinski definition) is 2. The molecule has 40 heavy (non-hydrogen) atoms. The molecular weight excluding hydrogens is 512 g/mol. The van der Waals surface area contributed by atoms with Crippen LogP contribution in [0.1, 0.15) is 49.5 Å². The molecule has 1 fully saturated rings. The molecular formula is C31H28N2O7. The van der Waals surface area contributed by atoms with Gasteiger partial charge in [-0.2, -0.15) is 0 Å². The number of allylic oxidation sites excluding steroid dienone is 3. The van der Waals surface area contributed by atoms with Crippen molar-refractivity contribution in [2.24, 2.45) is 5.92 Å². The Morgan fingerprint density at radius 2 is 1.68 bits per heavy atom. The first-order chi connectivity index (χ1) is 19.1. The Kier molecular flexibility index (Phi) is 6.97. The number of imide groups is 1. The zero-order valence-corrected chi connectivity index (χ0v) is 22.3. The fourth-order valence-corrected chi connectivity index (χ4v) is 5.71. The van der Waals surface area contributed by atoms with Crippen LogP contribution in [0.25, 0.3) is 11.0 Å². The second-order valence-corrected chi connectivity index (χ2v) is 10.2. The maximum absolute atomic E-state index is 14.1. The van der Waals surface area contributed by atoms with Crippen LogP contribution >= 0.6 is 0 Å². The highest BCUT2D eigenvalue weighted by molar-refractivity contribution is 6.09. The minimum atomic E-state index is -1.22. The number of aliphatic carboxylic acids is 1. The summed E-state index contributed by atoms with van der Waals surface area (Å²) < 4.78 is 5.97. The summed E-state index contributed by atoms with van der Waals surface area (Å²) in [5, 5.41) is 13.0. The Hall–Kier alpha value is -4.79. The molecule has 1 aromatic heterocycles. The van der Waals surface area contributed by atoms with E-state index in [1.54, 1.807) is 43.9 Å². The third kappa shape index (κ3) is 4.75. The standard InChI is InChI=1S/C31H28N2O7/c1-16-12-23(34)21-10-7-11-22(29(21)40-16)28-26(24(35)13-20-14-25(36)32-30(20)37)17(2)33(18(3)27(28)31(38)39)15-19-8-5-4-6-9-19/h4-12,20,28H,13-15H2,1-3H3,(H,38,39)(H,32,36,37)/t20?,28-/m1/s1. The molecule has 204 valence electrons. The Balaban J connectivity index is 1.74. The van der Waals surface area contributed by atoms with Crippen molar-refractivity contribution < 1.29 is 28.7 Å². The van der Waals surface area contributed by atoms with Crippen LogP contribution in [-0.2, 0) is 25.7 Å². The number of nitrogens with one attached hydrogen (secondary N) is 1. The van der Waals surface area contributed by atoms with Crippen molar-refractivity contribution in [2.45, 2.75) is 46.1 Å². The van der Waals surface area contributed by atoms with Gasteiger partial charge in [0.25, 0.3) is 0 Å². The second kappa shape index (κ2) is 10.4. The highest BCUT2D eigenvalue weighted by Crippen LogP contribution is 2.45. The number of aryl methyl sites for hydroxylation is 1. The number of fused-ring (bicyclic) bond motifs is 1. The van der Waals surface area contributed by atoms with Crippen LogP contribution in [0.5, 0.6) is 0 Å². The maximum atomic E-state index is 14.1. The average molecular weight is 541 g/mol. The summed E-state index contributed by atoms with van der Waals surface area (Å²) in [6.45, 7) is 5.38. The van der Waals surface area contributed by atoms with E-state index in [2.05, 4.69) is 5.32 Å². The zero-order valence-electron chi connectivity index (χ0n) is 22.3. The number of ketones is 1. The fourth-order valence-electron chi connectivity index (χ4n) is 5.71. The van der Waals surface area contributed by atoms with Crippen molar-refractivity contribution >= 4 is 34.5 Å². The van der Waals surface area contributed by atoms with Crippen molar-refractivity contribution in [2.75, 3.05) is 0 Å². The number of para-hydroxylation sites is 1. The van der Waals surface area contributed by atoms with Gasteiger partial charge in [0.2, 0.25) is 11.8 Å². The smallest absolute Gasteiger partial charge is 0.334 e. The molecule has 1 saturated heterocycles. The highest BCUT2D eigenvalue weighted by Gasteiger charge is 2.42. The lowest BCUT2D eigenvalue weighted by atomic mass is 9.76. The van der Waals surface area contributed by atoms with Gasteiger partial charge in [0.15, 0.2) is 11.2 Å². The third-order valence-corrected chi connectivity index (χ3v) is 7.60. The average Bonchev–Trinajstić information content (AvgIpc) is 3.22. The van der Waals surface area contributed by atoms with E-state index in [0.717, 1.165) is 5.56 Å². The summed E-state index contributed by atoms with van der Waals surface area (Å²) >= 11 is 0. The number of nitrogens with zero attached hydrogens (tertiary/aromatic N) is 1. The van der Waals surface area contributed by atoms with Gasteiger partial charge < -0.3 is 14.4 Å². The number of carbonyl (C=O) groups is 4. The predicted octanol–water partition coefficient (Wildman–Crippen LogP) is 3.96. The Bertz CT molecular complexity index is 1700. The molecule has 3 aromatic rings. The first-order valence-electron chi connectivity index (χ1n) is 12.9. The number of carbonyl (C=O) groups excluding carboxylic acids is 3. The monoisotopic (exact) mass is 540 g/mol. The first kappa shape index (κ1) is 26.8. The molecule has 2 aromatic carbocycles. The number of hydrogen-bond acceptors (Lipinski definition) is 7. The van der Waals surface area contributed by atoms with Crippen LogP contribution in [0.2, 0.25) is 0 Å². The van der Waals surface area contributed by atoms with E-state index in [1.165, 1.54) is 6.07 Å². The van der Waals surface area contributed by atoms with E-state index in [0.29, 0.717) is 29.3 Å². The minimum Gasteiger partial charge on any atom is -0.478 e. The van der Waals surface area contributed by atoms with Gasteiger partial charge in [-0.15, -0.1) is 0 Å². The van der Waals surface area contributed by atoms with Crippen molar-refractivity contribution in [3.05, 3.63) is 104 Å². The number of carboxylic acids is 1. The molecule has 9 heteroatoms. The van der Waals surface area contributed by atoms with E-state index < -0.39 is 35.4 Å². The van der Waals surface area contributed by atoms with Crippen LogP contribution in [0.3, 0.4) is 0 Å². The molecule has 5 rings (SSSR count). The third-order valence-electron chi connectivity index (χ3n) is 7.60. The predicted molar refractivity (Wildman–Crippen MR) is 146 cm³/mol. The summed E-state index contributed by atoms with van der Waals surface area (Å²) in [4.78, 5) is 65.7. The van der Waals surface area contributed by atoms with Crippen LogP contribution in [0.4, 0.5) is 0 Å². The molecule has 0 spiro atoms. The first-order valence-corrected chi connectivity index (χ1v) is 12.9. The summed E-state index contributed by atoms with van der Waals surface area (Å²) in [6.07, 6.45) is -0.377. The van der Waals surface area contributed by atoms with Crippen molar-refractivity contribution in [3.63, 3.8) is 0 Å². The molecule has 2 atom stereocenters. The van der Waals surface area contributed by atoms with Crippen molar-refractivity contribution in [1.82, 2.24) is 10.2 Å². The molecule has 1 unspecified atom stereocenters. The van der Waals surface area contributed by atoms with Crippen LogP contribution in [0, 0.1) is 12.8 Å². The van der Waals surface area contributed by atoms with Crippen LogP contribution in [0.15, 0.2) is 86.3 Å². The van der Waals surface area contributed by atoms with E-state index in [4.69, 9.17) is 4.42 Å². The van der Waals surface area contributed by atoms with Crippen LogP contribution in [-0.4, -0.2) is 33.6 Å². The molecule has 0 bridgehead atoms. The summed E-state index contributed by atoms with van der Waals surface area (Å²) in [5.74, 6) is -4.23. The Labute approximate surface area is 229 Å². The van der Waals surface area contributed by atoms with Gasteiger partial charge in [0, 0.05) is 48.0 Å².